The van der Waals surface area contributed by atoms with E-state index in [-0.39, 0.29) is 29.9 Å². The van der Waals surface area contributed by atoms with Gasteiger partial charge in [-0.05, 0) is 50.8 Å². The smallest absolute Gasteiger partial charge is 0.421 e. The second kappa shape index (κ2) is 13.4. The van der Waals surface area contributed by atoms with E-state index in [1.54, 1.807) is 37.5 Å². The molecule has 1 aliphatic carbocycles. The number of nitrogens with zero attached hydrogens (tertiary/aromatic N) is 8. The van der Waals surface area contributed by atoms with Gasteiger partial charge in [-0.15, -0.1) is 0 Å². The fraction of sp³-hybridized carbons (Fsp3) is 0.393. The molecule has 45 heavy (non-hydrogen) atoms. The molecular weight excluding hydrogens is 603 g/mol. The number of halogens is 5. The van der Waals surface area contributed by atoms with Gasteiger partial charge in [-0.2, -0.15) is 23.3 Å². The fourth-order valence-corrected chi connectivity index (χ4v) is 4.99. The normalized spacial score (nSPS) is 16.8. The Morgan fingerprint density at radius 2 is 1.73 bits per heavy atom. The maximum absolute atomic E-state index is 13.7. The van der Waals surface area contributed by atoms with Crippen LogP contribution in [0.25, 0.3) is 16.9 Å². The molecule has 0 saturated heterocycles. The van der Waals surface area contributed by atoms with Crippen molar-refractivity contribution in [1.82, 2.24) is 40.0 Å². The number of ether oxygens (including phenoxy) is 1. The average Bonchev–Trinajstić information content (AvgIpc) is 3.47. The number of nitrogens with one attached hydrogen (secondary N) is 2. The summed E-state index contributed by atoms with van der Waals surface area (Å²) >= 11 is 0. The third kappa shape index (κ3) is 7.58. The van der Waals surface area contributed by atoms with E-state index in [9.17, 15) is 26.7 Å². The Balaban J connectivity index is 1.30. The predicted octanol–water partition coefficient (Wildman–Crippen LogP) is 5.05. The number of hydrogen-bond acceptors (Lipinski definition) is 9. The van der Waals surface area contributed by atoms with Crippen molar-refractivity contribution in [2.75, 3.05) is 23.9 Å². The minimum absolute atomic E-state index is 0.000836. The van der Waals surface area contributed by atoms with Crippen LogP contribution in [0.3, 0.4) is 0 Å². The van der Waals surface area contributed by atoms with Crippen molar-refractivity contribution in [3.05, 3.63) is 60.4 Å². The highest BCUT2D eigenvalue weighted by Crippen LogP contribution is 2.34. The zero-order valence-electron chi connectivity index (χ0n) is 24.2. The minimum Gasteiger partial charge on any atom is -0.467 e. The summed E-state index contributed by atoms with van der Waals surface area (Å²) in [4.78, 5) is 35.0. The zero-order valence-corrected chi connectivity index (χ0v) is 24.2. The first-order valence-corrected chi connectivity index (χ1v) is 13.9. The highest BCUT2D eigenvalue weighted by atomic mass is 19.4. The van der Waals surface area contributed by atoms with E-state index in [2.05, 4.69) is 40.7 Å². The fourth-order valence-electron chi connectivity index (χ4n) is 4.99. The zero-order chi connectivity index (χ0) is 32.1. The number of amides is 2. The van der Waals surface area contributed by atoms with Gasteiger partial charge in [0.2, 0.25) is 5.95 Å². The molecule has 12 nitrogen and oxygen atoms in total. The van der Waals surface area contributed by atoms with Gasteiger partial charge in [-0.1, -0.05) is 0 Å². The first kappa shape index (κ1) is 31.5. The van der Waals surface area contributed by atoms with E-state index < -0.39 is 36.6 Å². The lowest BCUT2D eigenvalue weighted by atomic mass is 9.90. The summed E-state index contributed by atoms with van der Waals surface area (Å²) in [6.45, 7) is 0.830. The van der Waals surface area contributed by atoms with Crippen LogP contribution >= 0.6 is 0 Å². The summed E-state index contributed by atoms with van der Waals surface area (Å²) in [6.07, 6.45) is 1.21. The molecule has 238 valence electrons. The van der Waals surface area contributed by atoms with Crippen molar-refractivity contribution in [2.45, 2.75) is 57.3 Å². The quantitative estimate of drug-likeness (QED) is 0.243. The molecule has 0 spiro atoms. The van der Waals surface area contributed by atoms with Gasteiger partial charge in [0.15, 0.2) is 5.82 Å². The van der Waals surface area contributed by atoms with E-state index in [4.69, 9.17) is 4.74 Å². The lowest BCUT2D eigenvalue weighted by Gasteiger charge is -2.36. The summed E-state index contributed by atoms with van der Waals surface area (Å²) in [5, 5.41) is 9.41. The topological polar surface area (TPSA) is 136 Å². The number of pyridine rings is 1. The standard InChI is InChI=1S/C28H29F5N10O2/c1-16-9-10-42(41-16)24-21(28(31,32)33)14-35-25(40-24)39-19-4-6-20(7-5-19)43(27(44)38-15-22(29)30)23-8-3-17(11-34-23)18-12-36-26(45-2)37-13-18/h3,8-14,19-20,22H,4-7,15H2,1-2H3,(H,38,44)(H,35,39,40). The largest absolute Gasteiger partial charge is 0.467 e. The van der Waals surface area contributed by atoms with Crippen molar-refractivity contribution in [2.24, 2.45) is 0 Å². The van der Waals surface area contributed by atoms with Gasteiger partial charge >= 0.3 is 18.2 Å². The molecule has 0 bridgehead atoms. The molecule has 0 atom stereocenters. The average molecular weight is 633 g/mol. The van der Waals surface area contributed by atoms with Crippen LogP contribution < -0.4 is 20.3 Å². The van der Waals surface area contributed by atoms with Gasteiger partial charge < -0.3 is 15.4 Å². The highest BCUT2D eigenvalue weighted by Gasteiger charge is 2.37. The molecule has 1 fully saturated rings. The van der Waals surface area contributed by atoms with Crippen LogP contribution in [0, 0.1) is 6.92 Å². The Morgan fingerprint density at radius 1 is 1.02 bits per heavy atom. The monoisotopic (exact) mass is 632 g/mol. The molecule has 1 aliphatic rings. The minimum atomic E-state index is -4.69. The first-order chi connectivity index (χ1) is 21.5. The Bertz CT molecular complexity index is 1590. The molecule has 17 heteroatoms. The van der Waals surface area contributed by atoms with Crippen LogP contribution in [0.2, 0.25) is 0 Å². The molecule has 0 radical (unpaired) electrons. The third-order valence-corrected chi connectivity index (χ3v) is 7.17. The van der Waals surface area contributed by atoms with Crippen LogP contribution in [0.1, 0.15) is 36.9 Å². The van der Waals surface area contributed by atoms with Crippen LogP contribution in [0.5, 0.6) is 6.01 Å². The van der Waals surface area contributed by atoms with Gasteiger partial charge in [0.25, 0.3) is 6.43 Å². The Morgan fingerprint density at radius 3 is 2.31 bits per heavy atom. The van der Waals surface area contributed by atoms with Crippen LogP contribution in [-0.2, 0) is 6.18 Å². The number of anilines is 2. The number of carbonyl (C=O) groups is 1. The molecule has 2 amide bonds. The number of rotatable bonds is 9. The molecule has 0 unspecified atom stereocenters. The van der Waals surface area contributed by atoms with Crippen molar-refractivity contribution in [3.8, 4) is 23.0 Å². The summed E-state index contributed by atoms with van der Waals surface area (Å²) in [5.41, 5.74) is 0.828. The van der Waals surface area contributed by atoms with Crippen molar-refractivity contribution < 1.29 is 31.5 Å². The maximum atomic E-state index is 13.7. The molecule has 4 aromatic rings. The molecule has 0 aliphatic heterocycles. The number of aryl methyl sites for hydroxylation is 1. The Kier molecular flexibility index (Phi) is 9.34. The van der Waals surface area contributed by atoms with Crippen LogP contribution in [-0.4, -0.2) is 72.9 Å². The second-order valence-electron chi connectivity index (χ2n) is 10.3. The molecule has 1 saturated carbocycles. The van der Waals surface area contributed by atoms with Gasteiger partial charge in [0.1, 0.15) is 11.4 Å². The Labute approximate surface area is 254 Å². The SMILES string of the molecule is COc1ncc(-c2ccc(N(C(=O)NCC(F)F)C3CCC(Nc4ncc(C(F)(F)F)c(-n5ccc(C)n5)n4)CC3)nc2)cn1. The van der Waals surface area contributed by atoms with E-state index >= 15 is 0 Å². The first-order valence-electron chi connectivity index (χ1n) is 13.9. The van der Waals surface area contributed by atoms with Gasteiger partial charge in [0.05, 0.1) is 19.3 Å². The van der Waals surface area contributed by atoms with E-state index in [0.717, 1.165) is 10.9 Å². The third-order valence-electron chi connectivity index (χ3n) is 7.17. The Hall–Kier alpha value is -4.96. The highest BCUT2D eigenvalue weighted by molar-refractivity contribution is 5.91. The number of hydrogen-bond donors (Lipinski definition) is 2. The van der Waals surface area contributed by atoms with E-state index in [1.807, 2.05) is 0 Å². The van der Waals surface area contributed by atoms with Gasteiger partial charge in [-0.25, -0.2) is 38.2 Å². The van der Waals surface area contributed by atoms with E-state index in [1.165, 1.54) is 24.4 Å². The molecule has 0 aromatic carbocycles. The van der Waals surface area contributed by atoms with Gasteiger partial charge in [-0.3, -0.25) is 4.90 Å². The van der Waals surface area contributed by atoms with Crippen molar-refractivity contribution >= 4 is 17.8 Å². The van der Waals surface area contributed by atoms with Crippen molar-refractivity contribution in [1.29, 1.82) is 0 Å². The summed E-state index contributed by atoms with van der Waals surface area (Å²) < 4.78 is 72.8. The van der Waals surface area contributed by atoms with Crippen molar-refractivity contribution in [3.63, 3.8) is 0 Å². The van der Waals surface area contributed by atoms with Crippen LogP contribution in [0.15, 0.2) is 49.2 Å². The lowest BCUT2D eigenvalue weighted by molar-refractivity contribution is -0.138. The predicted molar refractivity (Wildman–Crippen MR) is 152 cm³/mol. The number of aromatic nitrogens is 7. The molecular formula is C28H29F5N10O2. The molecule has 5 rings (SSSR count). The number of methoxy groups -OCH3 is 1. The van der Waals surface area contributed by atoms with Crippen LogP contribution in [0.4, 0.5) is 38.5 Å². The second-order valence-corrected chi connectivity index (χ2v) is 10.3. The lowest BCUT2D eigenvalue weighted by Crippen LogP contribution is -2.50. The summed E-state index contributed by atoms with van der Waals surface area (Å²) in [5.74, 6) is -0.137. The number of alkyl halides is 5. The molecule has 4 aromatic heterocycles. The summed E-state index contributed by atoms with van der Waals surface area (Å²) in [6, 6.07) is 3.77. The molecule has 4 heterocycles. The molecule has 2 N–H and O–H groups in total. The maximum Gasteiger partial charge on any atom is 0.421 e. The van der Waals surface area contributed by atoms with E-state index in [0.29, 0.717) is 42.5 Å². The summed E-state index contributed by atoms with van der Waals surface area (Å²) in [7, 11) is 1.45. The van der Waals surface area contributed by atoms with Gasteiger partial charge in [0, 0.05) is 54.2 Å². The number of carbonyl (C=O) groups excluding carboxylic acids is 1. The number of urea groups is 1.